The van der Waals surface area contributed by atoms with Crippen molar-refractivity contribution in [3.63, 3.8) is 0 Å². The van der Waals surface area contributed by atoms with Crippen molar-refractivity contribution in [2.45, 2.75) is 19.8 Å². The van der Waals surface area contributed by atoms with Gasteiger partial charge in [-0.1, -0.05) is 32.0 Å². The molecule has 0 atom stereocenters. The van der Waals surface area contributed by atoms with E-state index in [1.807, 2.05) is 19.9 Å². The summed E-state index contributed by atoms with van der Waals surface area (Å²) in [6, 6.07) is 12.4. The fourth-order valence-corrected chi connectivity index (χ4v) is 4.49. The smallest absolute Gasteiger partial charge is 0.273 e. The van der Waals surface area contributed by atoms with Crippen LogP contribution in [0.4, 0.5) is 17.3 Å². The number of carbonyl (C=O) groups excluding carboxylic acids is 1. The summed E-state index contributed by atoms with van der Waals surface area (Å²) in [5.41, 5.74) is 13.8. The highest BCUT2D eigenvalue weighted by molar-refractivity contribution is 7.21. The summed E-state index contributed by atoms with van der Waals surface area (Å²) in [6.45, 7) is 3.84. The van der Waals surface area contributed by atoms with Crippen molar-refractivity contribution in [3.8, 4) is 11.8 Å². The molecular formula is C21H19N7O2S. The second kappa shape index (κ2) is 7.62. The number of benzene rings is 1. The van der Waals surface area contributed by atoms with Crippen LogP contribution in [0.25, 0.3) is 15.9 Å². The van der Waals surface area contributed by atoms with Gasteiger partial charge in [0, 0.05) is 11.5 Å². The molecule has 3 heterocycles. The van der Waals surface area contributed by atoms with Gasteiger partial charge in [-0.25, -0.2) is 9.67 Å². The summed E-state index contributed by atoms with van der Waals surface area (Å²) in [4.78, 5) is 30.2. The zero-order valence-corrected chi connectivity index (χ0v) is 17.6. The number of nitrogens with one attached hydrogen (secondary N) is 2. The first-order chi connectivity index (χ1) is 14.8. The van der Waals surface area contributed by atoms with Gasteiger partial charge in [-0.3, -0.25) is 14.7 Å². The minimum Gasteiger partial charge on any atom is -0.397 e. The summed E-state index contributed by atoms with van der Waals surface area (Å²) in [5, 5.41) is 15.6. The van der Waals surface area contributed by atoms with Crippen molar-refractivity contribution in [1.29, 1.82) is 5.26 Å². The van der Waals surface area contributed by atoms with E-state index in [0.717, 1.165) is 11.3 Å². The molecule has 0 fully saturated rings. The Labute approximate surface area is 180 Å². The Balaban J connectivity index is 1.74. The van der Waals surface area contributed by atoms with E-state index >= 15 is 0 Å². The van der Waals surface area contributed by atoms with Gasteiger partial charge in [0.25, 0.3) is 11.5 Å². The highest BCUT2D eigenvalue weighted by Gasteiger charge is 2.25. The van der Waals surface area contributed by atoms with E-state index in [4.69, 9.17) is 11.5 Å². The Kier molecular flexibility index (Phi) is 4.96. The number of amides is 1. The number of fused-ring (bicyclic) bond motifs is 1. The topological polar surface area (TPSA) is 156 Å². The van der Waals surface area contributed by atoms with Gasteiger partial charge >= 0.3 is 0 Å². The molecule has 9 nitrogen and oxygen atoms in total. The lowest BCUT2D eigenvalue weighted by molar-refractivity contribution is 0.103. The maximum absolute atomic E-state index is 12.9. The zero-order chi connectivity index (χ0) is 22.3. The van der Waals surface area contributed by atoms with Gasteiger partial charge in [0.05, 0.1) is 16.9 Å². The number of hydrogen-bond acceptors (Lipinski definition) is 7. The first kappa shape index (κ1) is 20.2. The summed E-state index contributed by atoms with van der Waals surface area (Å²) in [6.07, 6.45) is 0. The molecule has 0 aliphatic carbocycles. The first-order valence-corrected chi connectivity index (χ1v) is 10.2. The van der Waals surface area contributed by atoms with Gasteiger partial charge in [-0.2, -0.15) is 5.26 Å². The quantitative estimate of drug-likeness (QED) is 0.387. The van der Waals surface area contributed by atoms with Gasteiger partial charge < -0.3 is 16.8 Å². The van der Waals surface area contributed by atoms with Gasteiger partial charge in [-0.15, -0.1) is 11.3 Å². The number of nitrogens with zero attached hydrogens (tertiary/aromatic N) is 3. The number of carbonyl (C=O) groups is 1. The Bertz CT molecular complexity index is 1410. The Morgan fingerprint density at radius 1 is 1.29 bits per heavy atom. The van der Waals surface area contributed by atoms with Gasteiger partial charge in [0.1, 0.15) is 27.4 Å². The molecule has 0 saturated carbocycles. The summed E-state index contributed by atoms with van der Waals surface area (Å²) in [7, 11) is 0. The molecule has 0 aliphatic rings. The van der Waals surface area contributed by atoms with E-state index in [0.29, 0.717) is 21.5 Å². The lowest BCUT2D eigenvalue weighted by atomic mass is 9.95. The summed E-state index contributed by atoms with van der Waals surface area (Å²) < 4.78 is 1.32. The number of nitrogens with two attached hydrogens (primary N) is 2. The molecule has 4 rings (SSSR count). The number of aromatic amines is 1. The normalized spacial score (nSPS) is 11.0. The van der Waals surface area contributed by atoms with E-state index in [9.17, 15) is 14.9 Å². The predicted molar refractivity (Wildman–Crippen MR) is 122 cm³/mol. The second-order valence-corrected chi connectivity index (χ2v) is 8.21. The largest absolute Gasteiger partial charge is 0.397 e. The summed E-state index contributed by atoms with van der Waals surface area (Å²) in [5.74, 6) is -0.207. The number of thiophene rings is 1. The van der Waals surface area contributed by atoms with Crippen molar-refractivity contribution in [2.75, 3.05) is 16.8 Å². The molecule has 1 aromatic carbocycles. The number of rotatable bonds is 4. The van der Waals surface area contributed by atoms with Gasteiger partial charge in [0.15, 0.2) is 0 Å². The Hall–Kier alpha value is -4.10. The van der Waals surface area contributed by atoms with Crippen LogP contribution >= 0.6 is 11.3 Å². The maximum atomic E-state index is 12.9. The molecular weight excluding hydrogens is 414 g/mol. The molecule has 4 aromatic rings. The average molecular weight is 433 g/mol. The van der Waals surface area contributed by atoms with Crippen LogP contribution < -0.4 is 22.3 Å². The number of nitriles is 1. The predicted octanol–water partition coefficient (Wildman–Crippen LogP) is 3.19. The van der Waals surface area contributed by atoms with Crippen molar-refractivity contribution in [3.05, 3.63) is 62.8 Å². The molecule has 6 N–H and O–H groups in total. The minimum absolute atomic E-state index is 0.0495. The lowest BCUT2D eigenvalue weighted by Crippen LogP contribution is -2.13. The number of pyridine rings is 1. The van der Waals surface area contributed by atoms with Gasteiger partial charge in [-0.05, 0) is 23.6 Å². The molecule has 0 saturated heterocycles. The van der Waals surface area contributed by atoms with E-state index in [2.05, 4.69) is 21.5 Å². The van der Waals surface area contributed by atoms with E-state index in [-0.39, 0.29) is 39.2 Å². The third-order valence-electron chi connectivity index (χ3n) is 4.82. The van der Waals surface area contributed by atoms with Crippen LogP contribution in [0, 0.1) is 11.3 Å². The average Bonchev–Trinajstić information content (AvgIpc) is 3.26. The molecule has 3 aromatic heterocycles. The number of para-hydroxylation sites is 1. The molecule has 0 aliphatic heterocycles. The van der Waals surface area contributed by atoms with E-state index in [1.165, 1.54) is 10.7 Å². The number of H-pyrrole nitrogens is 1. The SMILES string of the molecule is CC(C)c1c(C#N)c(N)nc2sc(C(=O)Nc3cc(=O)n(-c4ccccc4)[nH]3)c(N)c12. The zero-order valence-electron chi connectivity index (χ0n) is 16.8. The Morgan fingerprint density at radius 3 is 2.65 bits per heavy atom. The highest BCUT2D eigenvalue weighted by atomic mass is 32.1. The Morgan fingerprint density at radius 2 is 2.00 bits per heavy atom. The van der Waals surface area contributed by atoms with Crippen LogP contribution in [-0.2, 0) is 0 Å². The fourth-order valence-electron chi connectivity index (χ4n) is 3.47. The monoisotopic (exact) mass is 433 g/mol. The highest BCUT2D eigenvalue weighted by Crippen LogP contribution is 2.40. The van der Waals surface area contributed by atoms with Crippen molar-refractivity contribution in [2.24, 2.45) is 0 Å². The molecule has 1 amide bonds. The van der Waals surface area contributed by atoms with E-state index < -0.39 is 5.91 Å². The molecule has 31 heavy (non-hydrogen) atoms. The van der Waals surface area contributed by atoms with Crippen LogP contribution in [-0.4, -0.2) is 20.7 Å². The van der Waals surface area contributed by atoms with Crippen LogP contribution in [0.1, 0.15) is 40.6 Å². The summed E-state index contributed by atoms with van der Waals surface area (Å²) >= 11 is 1.09. The van der Waals surface area contributed by atoms with Crippen LogP contribution in [0.2, 0.25) is 0 Å². The van der Waals surface area contributed by atoms with Crippen LogP contribution in [0.5, 0.6) is 0 Å². The van der Waals surface area contributed by atoms with Crippen LogP contribution in [0.3, 0.4) is 0 Å². The number of anilines is 3. The fraction of sp³-hybridized carbons (Fsp3) is 0.143. The molecule has 10 heteroatoms. The first-order valence-electron chi connectivity index (χ1n) is 9.42. The van der Waals surface area contributed by atoms with Crippen molar-refractivity contribution in [1.82, 2.24) is 14.8 Å². The molecule has 156 valence electrons. The molecule has 0 bridgehead atoms. The number of aromatic nitrogens is 3. The van der Waals surface area contributed by atoms with Crippen molar-refractivity contribution >= 4 is 44.8 Å². The van der Waals surface area contributed by atoms with Crippen LogP contribution in [0.15, 0.2) is 41.2 Å². The molecule has 0 unspecified atom stereocenters. The third kappa shape index (κ3) is 3.41. The standard InChI is InChI=1S/C21H19N7O2S/c1-10(2)15-12(9-22)19(24)26-21-16(15)17(23)18(31-21)20(30)25-13-8-14(29)28(27-13)11-6-4-3-5-7-11/h3-8,10,27H,23H2,1-2H3,(H2,24,26)(H,25,30). The maximum Gasteiger partial charge on any atom is 0.273 e. The minimum atomic E-state index is -0.492. The number of hydrogen-bond donors (Lipinski definition) is 4. The lowest BCUT2D eigenvalue weighted by Gasteiger charge is -2.12. The second-order valence-electron chi connectivity index (χ2n) is 7.21. The molecule has 0 radical (unpaired) electrons. The molecule has 0 spiro atoms. The third-order valence-corrected chi connectivity index (χ3v) is 5.92. The van der Waals surface area contributed by atoms with Gasteiger partial charge in [0.2, 0.25) is 0 Å². The van der Waals surface area contributed by atoms with Crippen molar-refractivity contribution < 1.29 is 4.79 Å². The number of nitrogen functional groups attached to an aromatic ring is 2. The van der Waals surface area contributed by atoms with E-state index in [1.54, 1.807) is 24.3 Å².